The van der Waals surface area contributed by atoms with Crippen molar-refractivity contribution in [1.82, 2.24) is 4.98 Å². The van der Waals surface area contributed by atoms with E-state index in [9.17, 15) is 22.8 Å². The number of pyridine rings is 1. The van der Waals surface area contributed by atoms with E-state index in [2.05, 4.69) is 4.98 Å². The fourth-order valence-corrected chi connectivity index (χ4v) is 1.85. The largest absolute Gasteiger partial charge is 0.481 e. The number of carboxylic acids is 1. The molecule has 102 valence electrons. The van der Waals surface area contributed by atoms with E-state index in [-0.39, 0.29) is 18.7 Å². The van der Waals surface area contributed by atoms with Crippen LogP contribution in [0.5, 0.6) is 0 Å². The topological polar surface area (TPSA) is 70.5 Å². The van der Waals surface area contributed by atoms with Gasteiger partial charge in [0, 0.05) is 19.2 Å². The number of nitrogens with zero attached hydrogens (tertiary/aromatic N) is 2. The van der Waals surface area contributed by atoms with Gasteiger partial charge in [-0.25, -0.2) is 0 Å². The summed E-state index contributed by atoms with van der Waals surface area (Å²) in [4.78, 5) is 26.8. The number of aromatic nitrogens is 1. The van der Waals surface area contributed by atoms with E-state index in [1.807, 2.05) is 0 Å². The van der Waals surface area contributed by atoms with Crippen LogP contribution in [0.4, 0.5) is 18.9 Å². The number of anilines is 1. The van der Waals surface area contributed by atoms with Crippen LogP contribution in [0, 0.1) is 5.92 Å². The van der Waals surface area contributed by atoms with Crippen LogP contribution in [0.15, 0.2) is 18.5 Å². The third-order valence-electron chi connectivity index (χ3n) is 2.84. The van der Waals surface area contributed by atoms with Gasteiger partial charge >= 0.3 is 12.1 Å². The number of rotatable bonds is 2. The molecule has 0 aromatic carbocycles. The van der Waals surface area contributed by atoms with Gasteiger partial charge in [0.1, 0.15) is 0 Å². The number of hydrogen-bond acceptors (Lipinski definition) is 3. The van der Waals surface area contributed by atoms with Gasteiger partial charge < -0.3 is 10.0 Å². The molecule has 2 rings (SSSR count). The molecule has 0 saturated carbocycles. The summed E-state index contributed by atoms with van der Waals surface area (Å²) < 4.78 is 37.6. The van der Waals surface area contributed by atoms with Crippen molar-refractivity contribution in [3.05, 3.63) is 24.0 Å². The minimum Gasteiger partial charge on any atom is -0.481 e. The highest BCUT2D eigenvalue weighted by atomic mass is 19.4. The molecule has 1 N–H and O–H groups in total. The van der Waals surface area contributed by atoms with Crippen molar-refractivity contribution >= 4 is 17.6 Å². The zero-order valence-electron chi connectivity index (χ0n) is 9.52. The first-order valence-electron chi connectivity index (χ1n) is 5.34. The molecule has 0 spiro atoms. The van der Waals surface area contributed by atoms with Gasteiger partial charge in [-0.15, -0.1) is 0 Å². The monoisotopic (exact) mass is 274 g/mol. The van der Waals surface area contributed by atoms with Gasteiger partial charge in [0.15, 0.2) is 0 Å². The first-order chi connectivity index (χ1) is 8.79. The Morgan fingerprint density at radius 3 is 2.63 bits per heavy atom. The van der Waals surface area contributed by atoms with E-state index >= 15 is 0 Å². The lowest BCUT2D eigenvalue weighted by molar-refractivity contribution is -0.141. The van der Waals surface area contributed by atoms with Crippen LogP contribution in [-0.4, -0.2) is 28.5 Å². The van der Waals surface area contributed by atoms with Gasteiger partial charge in [0.05, 0.1) is 23.4 Å². The normalized spacial score (nSPS) is 19.8. The first-order valence-corrected chi connectivity index (χ1v) is 5.34. The quantitative estimate of drug-likeness (QED) is 0.888. The van der Waals surface area contributed by atoms with Gasteiger partial charge in [0.2, 0.25) is 5.91 Å². The van der Waals surface area contributed by atoms with E-state index in [1.54, 1.807) is 0 Å². The fraction of sp³-hybridized carbons (Fsp3) is 0.364. The van der Waals surface area contributed by atoms with Gasteiger partial charge in [-0.05, 0) is 6.07 Å². The lowest BCUT2D eigenvalue weighted by atomic mass is 10.1. The fourth-order valence-electron chi connectivity index (χ4n) is 1.85. The van der Waals surface area contributed by atoms with E-state index in [0.717, 1.165) is 17.2 Å². The molecule has 0 bridgehead atoms. The van der Waals surface area contributed by atoms with Crippen molar-refractivity contribution in [2.24, 2.45) is 5.92 Å². The van der Waals surface area contributed by atoms with Gasteiger partial charge in [-0.2, -0.15) is 13.2 Å². The first kappa shape index (κ1) is 13.3. The number of aliphatic carboxylic acids is 1. The van der Waals surface area contributed by atoms with Crippen molar-refractivity contribution in [3.8, 4) is 0 Å². The molecular formula is C11H9F3N2O3. The second kappa shape index (κ2) is 4.52. The van der Waals surface area contributed by atoms with Gasteiger partial charge in [-0.3, -0.25) is 14.6 Å². The average molecular weight is 274 g/mol. The number of hydrogen-bond donors (Lipinski definition) is 1. The lowest BCUT2D eigenvalue weighted by Crippen LogP contribution is -2.26. The Bertz CT molecular complexity index is 530. The molecule has 1 fully saturated rings. The molecule has 1 aliphatic rings. The smallest absolute Gasteiger partial charge is 0.417 e. The minimum absolute atomic E-state index is 0.0384. The van der Waals surface area contributed by atoms with Gasteiger partial charge in [0.25, 0.3) is 0 Å². The standard InChI is InChI=1S/C11H9F3N2O3/c12-11(13,14)7-2-8(4-15-3-7)16-5-6(10(18)19)1-9(16)17/h2-4,6H,1,5H2,(H,18,19). The molecule has 1 aliphatic heterocycles. The summed E-state index contributed by atoms with van der Waals surface area (Å²) in [6.07, 6.45) is -3.01. The van der Waals surface area contributed by atoms with Crippen molar-refractivity contribution < 1.29 is 27.9 Å². The molecule has 1 unspecified atom stereocenters. The summed E-state index contributed by atoms with van der Waals surface area (Å²) in [5, 5.41) is 8.81. The molecule has 0 aliphatic carbocycles. The zero-order valence-corrected chi connectivity index (χ0v) is 9.52. The number of carbonyl (C=O) groups excluding carboxylic acids is 1. The third kappa shape index (κ3) is 2.67. The third-order valence-corrected chi connectivity index (χ3v) is 2.84. The molecule has 1 aromatic rings. The second-order valence-electron chi connectivity index (χ2n) is 4.17. The van der Waals surface area contributed by atoms with Crippen molar-refractivity contribution in [1.29, 1.82) is 0 Å². The highest BCUT2D eigenvalue weighted by Crippen LogP contribution is 2.32. The van der Waals surface area contributed by atoms with Crippen LogP contribution in [0.1, 0.15) is 12.0 Å². The molecule has 1 saturated heterocycles. The maximum Gasteiger partial charge on any atom is 0.417 e. The molecule has 0 radical (unpaired) electrons. The Morgan fingerprint density at radius 1 is 1.42 bits per heavy atom. The summed E-state index contributed by atoms with van der Waals surface area (Å²) in [6.45, 7) is -0.142. The Labute approximate surface area is 105 Å². The van der Waals surface area contributed by atoms with E-state index in [0.29, 0.717) is 6.20 Å². The highest BCUT2D eigenvalue weighted by Gasteiger charge is 2.37. The maximum atomic E-state index is 12.5. The summed E-state index contributed by atoms with van der Waals surface area (Å²) in [5.41, 5.74) is -1.01. The van der Waals surface area contributed by atoms with E-state index in [1.165, 1.54) is 0 Å². The van der Waals surface area contributed by atoms with Crippen molar-refractivity contribution in [3.63, 3.8) is 0 Å². The molecule has 1 aromatic heterocycles. The lowest BCUT2D eigenvalue weighted by Gasteiger charge is -2.17. The van der Waals surface area contributed by atoms with Crippen LogP contribution in [0.25, 0.3) is 0 Å². The minimum atomic E-state index is -4.56. The van der Waals surface area contributed by atoms with Crippen LogP contribution in [0.2, 0.25) is 0 Å². The van der Waals surface area contributed by atoms with Crippen LogP contribution in [-0.2, 0) is 15.8 Å². The summed E-state index contributed by atoms with van der Waals surface area (Å²) in [7, 11) is 0. The number of carboxylic acid groups (broad SMARTS) is 1. The maximum absolute atomic E-state index is 12.5. The molecular weight excluding hydrogens is 265 g/mol. The molecule has 1 atom stereocenters. The van der Waals surface area contributed by atoms with Crippen LogP contribution in [0.3, 0.4) is 0 Å². The number of halogens is 3. The Kier molecular flexibility index (Phi) is 3.17. The second-order valence-corrected chi connectivity index (χ2v) is 4.17. The highest BCUT2D eigenvalue weighted by molar-refractivity contribution is 5.99. The van der Waals surface area contributed by atoms with Crippen molar-refractivity contribution in [2.75, 3.05) is 11.4 Å². The number of carbonyl (C=O) groups is 2. The Hall–Kier alpha value is -2.12. The number of amides is 1. The SMILES string of the molecule is O=C(O)C1CC(=O)N(c2cncc(C(F)(F)F)c2)C1. The molecule has 5 nitrogen and oxygen atoms in total. The molecule has 8 heteroatoms. The van der Waals surface area contributed by atoms with E-state index < -0.39 is 29.5 Å². The average Bonchev–Trinajstić information content (AvgIpc) is 2.71. The van der Waals surface area contributed by atoms with Crippen LogP contribution >= 0.6 is 0 Å². The number of alkyl halides is 3. The summed E-state index contributed by atoms with van der Waals surface area (Å²) >= 11 is 0. The molecule has 19 heavy (non-hydrogen) atoms. The zero-order chi connectivity index (χ0) is 14.2. The molecule has 1 amide bonds. The Morgan fingerprint density at radius 2 is 2.11 bits per heavy atom. The summed E-state index contributed by atoms with van der Waals surface area (Å²) in [6, 6.07) is 0.787. The predicted molar refractivity (Wildman–Crippen MR) is 57.3 cm³/mol. The van der Waals surface area contributed by atoms with Crippen LogP contribution < -0.4 is 4.90 Å². The predicted octanol–water partition coefficient (Wildman–Crippen LogP) is 1.54. The van der Waals surface area contributed by atoms with Gasteiger partial charge in [-0.1, -0.05) is 0 Å². The van der Waals surface area contributed by atoms with Crippen molar-refractivity contribution in [2.45, 2.75) is 12.6 Å². The molecule has 2 heterocycles. The summed E-state index contributed by atoms with van der Waals surface area (Å²) in [5.74, 6) is -2.56. The Balaban J connectivity index is 2.28. The van der Waals surface area contributed by atoms with E-state index in [4.69, 9.17) is 5.11 Å².